The van der Waals surface area contributed by atoms with E-state index in [2.05, 4.69) is 35.9 Å². The Morgan fingerprint density at radius 2 is 1.68 bits per heavy atom. The number of hydrogen-bond donors (Lipinski definition) is 2. The van der Waals surface area contributed by atoms with Gasteiger partial charge in [-0.05, 0) is 76.2 Å². The van der Waals surface area contributed by atoms with Gasteiger partial charge in [-0.25, -0.2) is 9.78 Å². The number of rotatable bonds is 3. The molecule has 12 heteroatoms. The quantitative estimate of drug-likeness (QED) is 0.565. The highest BCUT2D eigenvalue weighted by atomic mass is 19.4. The average molecular weight is 565 g/mol. The summed E-state index contributed by atoms with van der Waals surface area (Å²) in [5.74, 6) is -0.987. The number of halogens is 3. The first-order valence-electron chi connectivity index (χ1n) is 13.2. The molecule has 0 radical (unpaired) electrons. The second-order valence-electron chi connectivity index (χ2n) is 11.2. The van der Waals surface area contributed by atoms with Gasteiger partial charge in [0.15, 0.2) is 11.5 Å². The first kappa shape index (κ1) is 29.4. The minimum atomic E-state index is -5.08. The molecule has 5 rings (SSSR count). The SMILES string of the molecule is CC1(C)COc2cccc(CN3CCC4(CC3)CCN(C(=O)c3ccc(N)cn3)CC4)c2O1.O=C(O)C(F)(F)F. The van der Waals surface area contributed by atoms with E-state index >= 15 is 0 Å². The first-order valence-corrected chi connectivity index (χ1v) is 13.2. The van der Waals surface area contributed by atoms with Crippen molar-refractivity contribution in [2.24, 2.45) is 5.41 Å². The number of pyridine rings is 1. The van der Waals surface area contributed by atoms with Crippen LogP contribution in [-0.2, 0) is 11.3 Å². The fraction of sp³-hybridized carbons (Fsp3) is 0.536. The molecule has 2 saturated heterocycles. The minimum absolute atomic E-state index is 0.0151. The molecule has 1 aromatic heterocycles. The van der Waals surface area contributed by atoms with Gasteiger partial charge in [-0.15, -0.1) is 0 Å². The number of hydrogen-bond acceptors (Lipinski definition) is 7. The lowest BCUT2D eigenvalue weighted by molar-refractivity contribution is -0.192. The van der Waals surface area contributed by atoms with Gasteiger partial charge in [0.25, 0.3) is 5.91 Å². The maximum Gasteiger partial charge on any atom is 0.490 e. The van der Waals surface area contributed by atoms with E-state index in [-0.39, 0.29) is 11.5 Å². The third-order valence-corrected chi connectivity index (χ3v) is 7.68. The van der Waals surface area contributed by atoms with Crippen LogP contribution in [0.4, 0.5) is 18.9 Å². The number of ether oxygens (including phenoxy) is 2. The Morgan fingerprint density at radius 1 is 1.05 bits per heavy atom. The maximum atomic E-state index is 12.8. The van der Waals surface area contributed by atoms with Crippen LogP contribution in [0.1, 0.15) is 55.6 Å². The number of para-hydroxylation sites is 1. The first-order chi connectivity index (χ1) is 18.8. The number of aliphatic carboxylic acids is 1. The van der Waals surface area contributed by atoms with Crippen molar-refractivity contribution in [2.45, 2.75) is 57.9 Å². The molecule has 2 fully saturated rings. The molecule has 1 aromatic carbocycles. The number of anilines is 1. The molecule has 4 heterocycles. The zero-order chi connectivity index (χ0) is 29.1. The number of alkyl halides is 3. The number of benzene rings is 1. The van der Waals surface area contributed by atoms with Crippen LogP contribution >= 0.6 is 0 Å². The number of nitrogen functional groups attached to an aromatic ring is 1. The fourth-order valence-electron chi connectivity index (χ4n) is 5.28. The van der Waals surface area contributed by atoms with Gasteiger partial charge in [0, 0.05) is 25.2 Å². The third-order valence-electron chi connectivity index (χ3n) is 7.68. The summed E-state index contributed by atoms with van der Waals surface area (Å²) < 4.78 is 44.0. The molecule has 218 valence electrons. The molecule has 0 saturated carbocycles. The standard InChI is InChI=1S/C26H34N4O3.C2HF3O2/c1-25(2)18-32-22-5-3-4-19(23(22)33-25)17-29-12-8-26(9-13-29)10-14-30(15-11-26)24(31)21-7-6-20(27)16-28-21;3-2(4,5)1(6)7/h3-7,16H,8-15,17-18,27H2,1-2H3;(H,6,7). The number of aromatic nitrogens is 1. The number of piperidine rings is 2. The Balaban J connectivity index is 0.000000470. The summed E-state index contributed by atoms with van der Waals surface area (Å²) in [7, 11) is 0. The summed E-state index contributed by atoms with van der Waals surface area (Å²) in [6.45, 7) is 9.34. The Bertz CT molecular complexity index is 1200. The molecule has 1 amide bonds. The van der Waals surface area contributed by atoms with Crippen molar-refractivity contribution in [1.82, 2.24) is 14.8 Å². The summed E-state index contributed by atoms with van der Waals surface area (Å²) in [5, 5.41) is 7.12. The number of nitrogens with two attached hydrogens (primary N) is 1. The number of likely N-dealkylation sites (tertiary alicyclic amines) is 2. The van der Waals surface area contributed by atoms with Crippen molar-refractivity contribution in [3.63, 3.8) is 0 Å². The second-order valence-corrected chi connectivity index (χ2v) is 11.2. The molecule has 9 nitrogen and oxygen atoms in total. The fourth-order valence-corrected chi connectivity index (χ4v) is 5.28. The summed E-state index contributed by atoms with van der Waals surface area (Å²) in [4.78, 5) is 30.4. The molecule has 3 aliphatic heterocycles. The van der Waals surface area contributed by atoms with E-state index in [1.54, 1.807) is 18.3 Å². The molecule has 0 unspecified atom stereocenters. The average Bonchev–Trinajstić information content (AvgIpc) is 2.90. The van der Waals surface area contributed by atoms with Crippen LogP contribution in [0.15, 0.2) is 36.5 Å². The normalized spacial score (nSPS) is 19.9. The van der Waals surface area contributed by atoms with E-state index in [9.17, 15) is 18.0 Å². The molecular formula is C28H35F3N4O5. The Labute approximate surface area is 231 Å². The summed E-state index contributed by atoms with van der Waals surface area (Å²) in [5.41, 5.74) is 8.00. The van der Waals surface area contributed by atoms with Gasteiger partial charge < -0.3 is 25.2 Å². The van der Waals surface area contributed by atoms with Crippen LogP contribution in [0.25, 0.3) is 0 Å². The van der Waals surface area contributed by atoms with Gasteiger partial charge in [-0.1, -0.05) is 12.1 Å². The van der Waals surface area contributed by atoms with Crippen molar-refractivity contribution in [3.05, 3.63) is 47.8 Å². The van der Waals surface area contributed by atoms with E-state index < -0.39 is 12.1 Å². The molecule has 0 bridgehead atoms. The summed E-state index contributed by atoms with van der Waals surface area (Å²) in [6, 6.07) is 9.67. The molecule has 0 atom stereocenters. The number of amides is 1. The van der Waals surface area contributed by atoms with Crippen LogP contribution in [0.2, 0.25) is 0 Å². The molecule has 1 spiro atoms. The Morgan fingerprint density at radius 3 is 2.25 bits per heavy atom. The van der Waals surface area contributed by atoms with Crippen molar-refractivity contribution < 1.29 is 37.3 Å². The number of carboxylic acids is 1. The van der Waals surface area contributed by atoms with Crippen molar-refractivity contribution in [2.75, 3.05) is 38.5 Å². The van der Waals surface area contributed by atoms with E-state index in [1.165, 1.54) is 18.4 Å². The lowest BCUT2D eigenvalue weighted by atomic mass is 9.71. The van der Waals surface area contributed by atoms with Crippen LogP contribution in [-0.4, -0.2) is 76.3 Å². The molecule has 2 aromatic rings. The van der Waals surface area contributed by atoms with E-state index in [0.29, 0.717) is 23.4 Å². The number of carboxylic acid groups (broad SMARTS) is 1. The van der Waals surface area contributed by atoms with E-state index in [4.69, 9.17) is 25.1 Å². The highest BCUT2D eigenvalue weighted by molar-refractivity contribution is 5.92. The summed E-state index contributed by atoms with van der Waals surface area (Å²) >= 11 is 0. The van der Waals surface area contributed by atoms with Gasteiger partial charge in [0.05, 0.1) is 11.9 Å². The van der Waals surface area contributed by atoms with Gasteiger partial charge in [0.2, 0.25) is 0 Å². The topological polar surface area (TPSA) is 118 Å². The largest absolute Gasteiger partial charge is 0.490 e. The molecule has 3 N–H and O–H groups in total. The van der Waals surface area contributed by atoms with Crippen molar-refractivity contribution in [3.8, 4) is 11.5 Å². The molecule has 40 heavy (non-hydrogen) atoms. The van der Waals surface area contributed by atoms with Gasteiger partial charge in [-0.3, -0.25) is 9.69 Å². The Kier molecular flexibility index (Phi) is 8.48. The van der Waals surface area contributed by atoms with Crippen LogP contribution in [0.5, 0.6) is 11.5 Å². The van der Waals surface area contributed by atoms with Crippen LogP contribution in [0, 0.1) is 5.41 Å². The number of carbonyl (C=O) groups excluding carboxylic acids is 1. The summed E-state index contributed by atoms with van der Waals surface area (Å²) in [6.07, 6.45) is 0.942. The molecule has 3 aliphatic rings. The predicted octanol–water partition coefficient (Wildman–Crippen LogP) is 4.37. The zero-order valence-corrected chi connectivity index (χ0v) is 22.7. The minimum Gasteiger partial charge on any atom is -0.486 e. The van der Waals surface area contributed by atoms with E-state index in [0.717, 1.165) is 57.1 Å². The smallest absolute Gasteiger partial charge is 0.486 e. The van der Waals surface area contributed by atoms with Gasteiger partial charge in [-0.2, -0.15) is 13.2 Å². The van der Waals surface area contributed by atoms with Gasteiger partial charge in [0.1, 0.15) is 17.9 Å². The van der Waals surface area contributed by atoms with E-state index in [1.807, 2.05) is 11.0 Å². The lowest BCUT2D eigenvalue weighted by Crippen LogP contribution is -2.48. The number of fused-ring (bicyclic) bond motifs is 1. The van der Waals surface area contributed by atoms with Crippen molar-refractivity contribution in [1.29, 1.82) is 0 Å². The maximum absolute atomic E-state index is 12.8. The number of nitrogens with zero attached hydrogens (tertiary/aromatic N) is 3. The third kappa shape index (κ3) is 7.15. The second kappa shape index (κ2) is 11.5. The zero-order valence-electron chi connectivity index (χ0n) is 22.7. The van der Waals surface area contributed by atoms with Crippen LogP contribution in [0.3, 0.4) is 0 Å². The highest BCUT2D eigenvalue weighted by Gasteiger charge is 2.40. The molecule has 0 aliphatic carbocycles. The van der Waals surface area contributed by atoms with Gasteiger partial charge >= 0.3 is 12.1 Å². The molecular weight excluding hydrogens is 529 g/mol. The highest BCUT2D eigenvalue weighted by Crippen LogP contribution is 2.43. The Hall–Kier alpha value is -3.54. The van der Waals surface area contributed by atoms with Crippen LogP contribution < -0.4 is 15.2 Å². The van der Waals surface area contributed by atoms with Crippen molar-refractivity contribution >= 4 is 17.6 Å². The lowest BCUT2D eigenvalue weighted by Gasteiger charge is -2.47. The predicted molar refractivity (Wildman–Crippen MR) is 141 cm³/mol. The monoisotopic (exact) mass is 564 g/mol. The number of carbonyl (C=O) groups is 2.